The number of hydrogen-bond acceptors (Lipinski definition) is 4. The number of aromatic amines is 1. The van der Waals surface area contributed by atoms with Gasteiger partial charge in [0.1, 0.15) is 5.75 Å². The topological polar surface area (TPSA) is 84.1 Å². The summed E-state index contributed by atoms with van der Waals surface area (Å²) < 4.78 is 5.57. The van der Waals surface area contributed by atoms with Crippen molar-refractivity contribution in [1.29, 1.82) is 0 Å². The van der Waals surface area contributed by atoms with Gasteiger partial charge in [0, 0.05) is 23.7 Å². The van der Waals surface area contributed by atoms with Crippen LogP contribution >= 0.6 is 11.6 Å². The van der Waals surface area contributed by atoms with Gasteiger partial charge in [0.05, 0.1) is 17.3 Å². The molecule has 0 saturated carbocycles. The molecule has 138 valence electrons. The van der Waals surface area contributed by atoms with E-state index in [0.717, 1.165) is 5.56 Å². The van der Waals surface area contributed by atoms with Crippen LogP contribution in [0.25, 0.3) is 11.3 Å². The number of benzene rings is 2. The van der Waals surface area contributed by atoms with E-state index < -0.39 is 0 Å². The van der Waals surface area contributed by atoms with E-state index in [4.69, 9.17) is 16.3 Å². The van der Waals surface area contributed by atoms with Crippen molar-refractivity contribution in [3.05, 3.63) is 76.0 Å². The largest absolute Gasteiger partial charge is 0.492 e. The van der Waals surface area contributed by atoms with Crippen molar-refractivity contribution < 1.29 is 9.53 Å². The number of halogens is 1. The van der Waals surface area contributed by atoms with Crippen LogP contribution in [0.2, 0.25) is 5.02 Å². The summed E-state index contributed by atoms with van der Waals surface area (Å²) in [6.07, 6.45) is 0.893. The van der Waals surface area contributed by atoms with E-state index in [1.807, 2.05) is 24.3 Å². The van der Waals surface area contributed by atoms with Gasteiger partial charge < -0.3 is 10.1 Å². The molecule has 0 bridgehead atoms. The third kappa shape index (κ3) is 5.43. The Kier molecular flexibility index (Phi) is 6.22. The molecule has 0 fully saturated rings. The first-order chi connectivity index (χ1) is 13.1. The SMILES string of the molecule is O=C(CCCOc1ccccc1Cl)Nc1cccc(-c2ccc(=O)[nH]n2)c1. The van der Waals surface area contributed by atoms with Crippen molar-refractivity contribution in [3.63, 3.8) is 0 Å². The number of para-hydroxylation sites is 1. The fourth-order valence-corrected chi connectivity index (χ4v) is 2.65. The van der Waals surface area contributed by atoms with Crippen molar-refractivity contribution in [1.82, 2.24) is 10.2 Å². The maximum atomic E-state index is 12.1. The molecule has 0 atom stereocenters. The molecule has 0 aliphatic heterocycles. The van der Waals surface area contributed by atoms with Crippen LogP contribution in [-0.4, -0.2) is 22.7 Å². The summed E-state index contributed by atoms with van der Waals surface area (Å²) in [6, 6.07) is 17.5. The molecular weight excluding hydrogens is 366 g/mol. The Morgan fingerprint density at radius 1 is 1.11 bits per heavy atom. The van der Waals surface area contributed by atoms with Crippen molar-refractivity contribution in [2.75, 3.05) is 11.9 Å². The summed E-state index contributed by atoms with van der Waals surface area (Å²) in [5.41, 5.74) is 1.82. The number of amides is 1. The first-order valence-corrected chi connectivity index (χ1v) is 8.83. The molecule has 3 aromatic rings. The molecule has 0 aliphatic carbocycles. The molecule has 3 rings (SSSR count). The number of carbonyl (C=O) groups excluding carboxylic acids is 1. The zero-order valence-electron chi connectivity index (χ0n) is 14.4. The zero-order chi connectivity index (χ0) is 19.1. The number of hydrogen-bond donors (Lipinski definition) is 2. The molecule has 1 aromatic heterocycles. The fourth-order valence-electron chi connectivity index (χ4n) is 2.46. The lowest BCUT2D eigenvalue weighted by Gasteiger charge is -2.09. The molecule has 0 spiro atoms. The number of rotatable bonds is 7. The number of nitrogens with zero attached hydrogens (tertiary/aromatic N) is 1. The van der Waals surface area contributed by atoms with Crippen molar-refractivity contribution in [2.45, 2.75) is 12.8 Å². The minimum Gasteiger partial charge on any atom is -0.492 e. The van der Waals surface area contributed by atoms with Gasteiger partial charge in [-0.2, -0.15) is 5.10 Å². The van der Waals surface area contributed by atoms with Gasteiger partial charge in [-0.15, -0.1) is 0 Å². The molecule has 0 saturated heterocycles. The molecule has 1 amide bonds. The average molecular weight is 384 g/mol. The van der Waals surface area contributed by atoms with E-state index in [1.165, 1.54) is 6.07 Å². The smallest absolute Gasteiger partial charge is 0.264 e. The number of nitrogens with one attached hydrogen (secondary N) is 2. The van der Waals surface area contributed by atoms with E-state index in [1.54, 1.807) is 30.3 Å². The highest BCUT2D eigenvalue weighted by Crippen LogP contribution is 2.23. The second-order valence-electron chi connectivity index (χ2n) is 5.82. The molecule has 27 heavy (non-hydrogen) atoms. The van der Waals surface area contributed by atoms with E-state index in [-0.39, 0.29) is 11.5 Å². The Morgan fingerprint density at radius 3 is 2.74 bits per heavy atom. The molecule has 6 nitrogen and oxygen atoms in total. The summed E-state index contributed by atoms with van der Waals surface area (Å²) in [5, 5.41) is 9.79. The number of H-pyrrole nitrogens is 1. The maximum Gasteiger partial charge on any atom is 0.264 e. The minimum absolute atomic E-state index is 0.107. The summed E-state index contributed by atoms with van der Waals surface area (Å²) >= 11 is 6.02. The minimum atomic E-state index is -0.262. The van der Waals surface area contributed by atoms with Crippen molar-refractivity contribution >= 4 is 23.2 Å². The molecule has 2 aromatic carbocycles. The van der Waals surface area contributed by atoms with Gasteiger partial charge in [0.15, 0.2) is 0 Å². The second kappa shape index (κ2) is 9.00. The lowest BCUT2D eigenvalue weighted by molar-refractivity contribution is -0.116. The third-order valence-corrected chi connectivity index (χ3v) is 4.08. The fraction of sp³-hybridized carbons (Fsp3) is 0.150. The van der Waals surface area contributed by atoms with Gasteiger partial charge in [0.2, 0.25) is 5.91 Å². The van der Waals surface area contributed by atoms with Gasteiger partial charge >= 0.3 is 0 Å². The van der Waals surface area contributed by atoms with Crippen LogP contribution in [-0.2, 0) is 4.79 Å². The molecule has 0 radical (unpaired) electrons. The highest BCUT2D eigenvalue weighted by atomic mass is 35.5. The second-order valence-corrected chi connectivity index (χ2v) is 6.23. The quantitative estimate of drug-likeness (QED) is 0.606. The Hall–Kier alpha value is -3.12. The molecule has 0 unspecified atom stereocenters. The average Bonchev–Trinajstić information content (AvgIpc) is 2.67. The Bertz CT molecular complexity index is 967. The van der Waals surface area contributed by atoms with Crippen LogP contribution < -0.4 is 15.6 Å². The first kappa shape index (κ1) is 18.7. The van der Waals surface area contributed by atoms with Crippen LogP contribution in [0.15, 0.2) is 65.5 Å². The molecule has 7 heteroatoms. The lowest BCUT2D eigenvalue weighted by atomic mass is 10.1. The molecule has 0 aliphatic rings. The lowest BCUT2D eigenvalue weighted by Crippen LogP contribution is -2.13. The summed E-state index contributed by atoms with van der Waals surface area (Å²) in [6.45, 7) is 0.401. The van der Waals surface area contributed by atoms with E-state index in [0.29, 0.717) is 41.6 Å². The van der Waals surface area contributed by atoms with Gasteiger partial charge in [-0.1, -0.05) is 35.9 Å². The molecular formula is C20H18ClN3O3. The Balaban J connectivity index is 1.51. The van der Waals surface area contributed by atoms with Gasteiger partial charge in [0.25, 0.3) is 5.56 Å². The predicted octanol–water partition coefficient (Wildman–Crippen LogP) is 3.89. The van der Waals surface area contributed by atoms with Crippen molar-refractivity contribution in [2.24, 2.45) is 0 Å². The van der Waals surface area contributed by atoms with Crippen LogP contribution in [0.3, 0.4) is 0 Å². The first-order valence-electron chi connectivity index (χ1n) is 8.45. The monoisotopic (exact) mass is 383 g/mol. The number of ether oxygens (including phenoxy) is 1. The van der Waals surface area contributed by atoms with Crippen LogP contribution in [0.4, 0.5) is 5.69 Å². The van der Waals surface area contributed by atoms with Gasteiger partial charge in [-0.25, -0.2) is 5.10 Å². The van der Waals surface area contributed by atoms with Crippen LogP contribution in [0.1, 0.15) is 12.8 Å². The van der Waals surface area contributed by atoms with Gasteiger partial charge in [-0.05, 0) is 36.8 Å². The highest BCUT2D eigenvalue weighted by molar-refractivity contribution is 6.32. The summed E-state index contributed by atoms with van der Waals surface area (Å²) in [7, 11) is 0. The van der Waals surface area contributed by atoms with Gasteiger partial charge in [-0.3, -0.25) is 9.59 Å². The maximum absolute atomic E-state index is 12.1. The molecule has 2 N–H and O–H groups in total. The highest BCUT2D eigenvalue weighted by Gasteiger charge is 2.06. The number of carbonyl (C=O) groups is 1. The summed E-state index contributed by atoms with van der Waals surface area (Å²) in [4.78, 5) is 23.2. The van der Waals surface area contributed by atoms with Crippen LogP contribution in [0, 0.1) is 0 Å². The number of anilines is 1. The van der Waals surface area contributed by atoms with Crippen molar-refractivity contribution in [3.8, 4) is 17.0 Å². The Labute approximate surface area is 161 Å². The zero-order valence-corrected chi connectivity index (χ0v) is 15.2. The summed E-state index contributed by atoms with van der Waals surface area (Å²) in [5.74, 6) is 0.505. The third-order valence-electron chi connectivity index (χ3n) is 3.76. The Morgan fingerprint density at radius 2 is 1.96 bits per heavy atom. The standard InChI is InChI=1S/C20H18ClN3O3/c21-16-7-1-2-8-18(16)27-12-4-9-19(25)22-15-6-3-5-14(13-15)17-10-11-20(26)24-23-17/h1-3,5-8,10-11,13H,4,9,12H2,(H,22,25)(H,24,26). The predicted molar refractivity (Wildman–Crippen MR) is 105 cm³/mol. The molecule has 1 heterocycles. The van der Waals surface area contributed by atoms with Crippen LogP contribution in [0.5, 0.6) is 5.75 Å². The van der Waals surface area contributed by atoms with E-state index >= 15 is 0 Å². The number of aromatic nitrogens is 2. The van der Waals surface area contributed by atoms with E-state index in [2.05, 4.69) is 15.5 Å². The normalized spacial score (nSPS) is 10.4. The van der Waals surface area contributed by atoms with E-state index in [9.17, 15) is 9.59 Å².